The molecule has 1 aromatic carbocycles. The summed E-state index contributed by atoms with van der Waals surface area (Å²) in [7, 11) is 0. The van der Waals surface area contributed by atoms with Gasteiger partial charge in [0, 0.05) is 0 Å². The number of nitrogens with two attached hydrogens (primary N) is 1. The maximum Gasteiger partial charge on any atom is 0.416 e. The third kappa shape index (κ3) is 3.22. The van der Waals surface area contributed by atoms with Crippen molar-refractivity contribution in [1.82, 2.24) is 0 Å². The highest BCUT2D eigenvalue weighted by Gasteiger charge is 2.31. The Kier molecular flexibility index (Phi) is 3.87. The molecule has 17 heavy (non-hydrogen) atoms. The van der Waals surface area contributed by atoms with Crippen LogP contribution in [0.1, 0.15) is 37.8 Å². The molecule has 0 saturated heterocycles. The van der Waals surface area contributed by atoms with Crippen LogP contribution >= 0.6 is 0 Å². The van der Waals surface area contributed by atoms with E-state index in [1.807, 2.05) is 20.8 Å². The number of benzene rings is 1. The van der Waals surface area contributed by atoms with Crippen LogP contribution in [-0.2, 0) is 6.18 Å². The molecule has 0 heterocycles. The van der Waals surface area contributed by atoms with Gasteiger partial charge in [-0.05, 0) is 35.6 Å². The van der Waals surface area contributed by atoms with E-state index in [0.717, 1.165) is 17.7 Å². The summed E-state index contributed by atoms with van der Waals surface area (Å²) in [6.45, 7) is 6.50. The second-order valence-electron chi connectivity index (χ2n) is 5.03. The van der Waals surface area contributed by atoms with Gasteiger partial charge in [0.25, 0.3) is 0 Å². The lowest BCUT2D eigenvalue weighted by Crippen LogP contribution is -2.29. The summed E-state index contributed by atoms with van der Waals surface area (Å²) in [5, 5.41) is 0. The van der Waals surface area contributed by atoms with Crippen LogP contribution in [0.15, 0.2) is 24.3 Å². The van der Waals surface area contributed by atoms with Gasteiger partial charge in [0.05, 0.1) is 5.56 Å². The van der Waals surface area contributed by atoms with Crippen molar-refractivity contribution in [1.29, 1.82) is 0 Å². The van der Waals surface area contributed by atoms with Crippen LogP contribution in [0.25, 0.3) is 0 Å². The molecule has 0 aliphatic rings. The highest BCUT2D eigenvalue weighted by Crippen LogP contribution is 2.36. The average Bonchev–Trinajstić information content (AvgIpc) is 2.27. The molecule has 0 spiro atoms. The van der Waals surface area contributed by atoms with Crippen LogP contribution in [0.5, 0.6) is 0 Å². The Morgan fingerprint density at radius 1 is 1.12 bits per heavy atom. The zero-order valence-corrected chi connectivity index (χ0v) is 10.3. The van der Waals surface area contributed by atoms with Gasteiger partial charge in [-0.25, -0.2) is 0 Å². The second kappa shape index (κ2) is 4.69. The van der Waals surface area contributed by atoms with Crippen molar-refractivity contribution in [3.63, 3.8) is 0 Å². The number of rotatable bonds is 3. The minimum atomic E-state index is -4.27. The number of halogens is 3. The smallest absolute Gasteiger partial charge is 0.330 e. The first-order valence-corrected chi connectivity index (χ1v) is 5.55. The topological polar surface area (TPSA) is 26.0 Å². The highest BCUT2D eigenvalue weighted by molar-refractivity contribution is 5.27. The van der Waals surface area contributed by atoms with Gasteiger partial charge in [-0.1, -0.05) is 32.9 Å². The van der Waals surface area contributed by atoms with Crippen molar-refractivity contribution < 1.29 is 13.2 Å². The van der Waals surface area contributed by atoms with Crippen molar-refractivity contribution in [3.8, 4) is 0 Å². The highest BCUT2D eigenvalue weighted by atomic mass is 19.4. The Morgan fingerprint density at radius 3 is 1.94 bits per heavy atom. The largest absolute Gasteiger partial charge is 0.416 e. The molecule has 1 atom stereocenters. The number of hydrogen-bond donors (Lipinski definition) is 1. The summed E-state index contributed by atoms with van der Waals surface area (Å²) >= 11 is 0. The molecule has 0 radical (unpaired) electrons. The van der Waals surface area contributed by atoms with Gasteiger partial charge in [0.1, 0.15) is 0 Å². The fourth-order valence-corrected chi connectivity index (χ4v) is 1.59. The predicted octanol–water partition coefficient (Wildman–Crippen LogP) is 3.79. The first-order chi connectivity index (χ1) is 7.68. The average molecular weight is 245 g/mol. The van der Waals surface area contributed by atoms with Gasteiger partial charge in [0.2, 0.25) is 0 Å². The van der Waals surface area contributed by atoms with Crippen LogP contribution < -0.4 is 5.73 Å². The fraction of sp³-hybridized carbons (Fsp3) is 0.538. The molecule has 0 bridgehead atoms. The summed E-state index contributed by atoms with van der Waals surface area (Å²) < 4.78 is 37.2. The molecule has 1 aromatic rings. The van der Waals surface area contributed by atoms with Crippen LogP contribution in [0.2, 0.25) is 0 Å². The molecule has 0 fully saturated rings. The minimum absolute atomic E-state index is 0.120. The Labute approximate surface area is 99.8 Å². The number of hydrogen-bond acceptors (Lipinski definition) is 1. The lowest BCUT2D eigenvalue weighted by Gasteiger charge is -2.30. The zero-order valence-electron chi connectivity index (χ0n) is 10.3. The summed E-state index contributed by atoms with van der Waals surface area (Å²) in [5.41, 5.74) is 5.81. The summed E-state index contributed by atoms with van der Waals surface area (Å²) in [6, 6.07) is 5.31. The predicted molar refractivity (Wildman–Crippen MR) is 62.7 cm³/mol. The zero-order chi connectivity index (χ0) is 13.3. The van der Waals surface area contributed by atoms with Crippen molar-refractivity contribution in [2.45, 2.75) is 32.9 Å². The first kappa shape index (κ1) is 14.0. The lowest BCUT2D eigenvalue weighted by atomic mass is 9.76. The van der Waals surface area contributed by atoms with Gasteiger partial charge in [-0.15, -0.1) is 0 Å². The third-order valence-corrected chi connectivity index (χ3v) is 3.44. The standard InChI is InChI=1S/C13H18F3N/c1-9(12(2,3)8-17)10-4-6-11(7-5-10)13(14,15)16/h4-7,9H,8,17H2,1-3H3. The lowest BCUT2D eigenvalue weighted by molar-refractivity contribution is -0.137. The first-order valence-electron chi connectivity index (χ1n) is 5.55. The van der Waals surface area contributed by atoms with Gasteiger partial charge >= 0.3 is 6.18 Å². The van der Waals surface area contributed by atoms with E-state index in [1.165, 1.54) is 12.1 Å². The molecule has 0 amide bonds. The Morgan fingerprint density at radius 2 is 1.59 bits per heavy atom. The number of alkyl halides is 3. The molecule has 1 unspecified atom stereocenters. The molecule has 96 valence electrons. The van der Waals surface area contributed by atoms with E-state index in [1.54, 1.807) is 0 Å². The Bertz CT molecular complexity index is 365. The maximum atomic E-state index is 12.4. The second-order valence-corrected chi connectivity index (χ2v) is 5.03. The van der Waals surface area contributed by atoms with Crippen molar-refractivity contribution >= 4 is 0 Å². The molecular weight excluding hydrogens is 227 g/mol. The normalized spacial score (nSPS) is 14.8. The van der Waals surface area contributed by atoms with Crippen LogP contribution in [0.3, 0.4) is 0 Å². The third-order valence-electron chi connectivity index (χ3n) is 3.44. The van der Waals surface area contributed by atoms with Crippen molar-refractivity contribution in [3.05, 3.63) is 35.4 Å². The molecule has 0 aliphatic carbocycles. The summed E-state index contributed by atoms with van der Waals surface area (Å²) in [5.74, 6) is 0.120. The maximum absolute atomic E-state index is 12.4. The summed E-state index contributed by atoms with van der Waals surface area (Å²) in [4.78, 5) is 0. The molecule has 0 saturated carbocycles. The van der Waals surface area contributed by atoms with Crippen LogP contribution in [0, 0.1) is 5.41 Å². The SMILES string of the molecule is CC(c1ccc(C(F)(F)F)cc1)C(C)(C)CN. The molecule has 1 rings (SSSR count). The fourth-order valence-electron chi connectivity index (χ4n) is 1.59. The van der Waals surface area contributed by atoms with E-state index >= 15 is 0 Å². The van der Waals surface area contributed by atoms with Gasteiger partial charge < -0.3 is 5.73 Å². The molecule has 2 N–H and O–H groups in total. The quantitative estimate of drug-likeness (QED) is 0.861. The molecule has 4 heteroatoms. The van der Waals surface area contributed by atoms with E-state index in [4.69, 9.17) is 5.73 Å². The molecule has 1 nitrogen and oxygen atoms in total. The molecule has 0 aromatic heterocycles. The molecule has 0 aliphatic heterocycles. The van der Waals surface area contributed by atoms with Gasteiger partial charge in [-0.3, -0.25) is 0 Å². The van der Waals surface area contributed by atoms with Crippen LogP contribution in [0.4, 0.5) is 13.2 Å². The van der Waals surface area contributed by atoms with Crippen LogP contribution in [-0.4, -0.2) is 6.54 Å². The summed E-state index contributed by atoms with van der Waals surface area (Å²) in [6.07, 6.45) is -4.27. The van der Waals surface area contributed by atoms with Gasteiger partial charge in [0.15, 0.2) is 0 Å². The van der Waals surface area contributed by atoms with E-state index in [2.05, 4.69) is 0 Å². The van der Waals surface area contributed by atoms with Crippen molar-refractivity contribution in [2.75, 3.05) is 6.54 Å². The van der Waals surface area contributed by atoms with E-state index in [9.17, 15) is 13.2 Å². The Balaban J connectivity index is 2.96. The van der Waals surface area contributed by atoms with Crippen molar-refractivity contribution in [2.24, 2.45) is 11.1 Å². The Hall–Kier alpha value is -1.03. The van der Waals surface area contributed by atoms with E-state index < -0.39 is 11.7 Å². The van der Waals surface area contributed by atoms with Gasteiger partial charge in [-0.2, -0.15) is 13.2 Å². The minimum Gasteiger partial charge on any atom is -0.330 e. The van der Waals surface area contributed by atoms with E-state index in [-0.39, 0.29) is 11.3 Å². The molecular formula is C13H18F3N. The monoisotopic (exact) mass is 245 g/mol. The van der Waals surface area contributed by atoms with E-state index in [0.29, 0.717) is 6.54 Å².